The predicted molar refractivity (Wildman–Crippen MR) is 88.4 cm³/mol. The molecule has 1 atom stereocenters. The van der Waals surface area contributed by atoms with E-state index in [0.29, 0.717) is 0 Å². The minimum atomic E-state index is 0.167. The van der Waals surface area contributed by atoms with Crippen molar-refractivity contribution in [3.05, 3.63) is 55.1 Å². The second-order valence-electron chi connectivity index (χ2n) is 4.29. The molecule has 1 aromatic heterocycles. The summed E-state index contributed by atoms with van der Waals surface area (Å²) in [4.78, 5) is 2.72. The molecule has 1 nitrogen and oxygen atoms in total. The normalized spacial score (nSPS) is 12.6. The Hall–Kier alpha value is -0.350. The predicted octanol–water partition coefficient (Wildman–Crippen LogP) is 5.43. The molecular formula is C15H17BrClNS. The van der Waals surface area contributed by atoms with Crippen molar-refractivity contribution in [3.63, 3.8) is 0 Å². The fourth-order valence-electron chi connectivity index (χ4n) is 2.05. The van der Waals surface area contributed by atoms with E-state index in [4.69, 9.17) is 11.6 Å². The zero-order chi connectivity index (χ0) is 13.8. The Morgan fingerprint density at radius 2 is 2.05 bits per heavy atom. The van der Waals surface area contributed by atoms with Crippen molar-refractivity contribution in [3.8, 4) is 0 Å². The summed E-state index contributed by atoms with van der Waals surface area (Å²) in [7, 11) is 0. The second kappa shape index (κ2) is 6.89. The minimum Gasteiger partial charge on any atom is -0.306 e. The highest BCUT2D eigenvalue weighted by Gasteiger charge is 2.18. The molecule has 0 aliphatic rings. The summed E-state index contributed by atoms with van der Waals surface area (Å²) in [6, 6.07) is 10.7. The first-order chi connectivity index (χ1) is 9.17. The van der Waals surface area contributed by atoms with Gasteiger partial charge in [-0.05, 0) is 52.7 Å². The monoisotopic (exact) mass is 357 g/mol. The van der Waals surface area contributed by atoms with Crippen LogP contribution in [0.1, 0.15) is 35.2 Å². The van der Waals surface area contributed by atoms with Gasteiger partial charge in [0.2, 0.25) is 0 Å². The van der Waals surface area contributed by atoms with Gasteiger partial charge in [0.05, 0.1) is 11.1 Å². The SMILES string of the molecule is CCNC(c1ccc(CC)s1)c1cccc(Br)c1Cl. The molecule has 0 fully saturated rings. The molecule has 2 rings (SSSR count). The number of hydrogen-bond donors (Lipinski definition) is 1. The Morgan fingerprint density at radius 1 is 1.26 bits per heavy atom. The van der Waals surface area contributed by atoms with Crippen LogP contribution in [0.15, 0.2) is 34.8 Å². The lowest BCUT2D eigenvalue weighted by Crippen LogP contribution is -2.21. The van der Waals surface area contributed by atoms with Gasteiger partial charge in [0, 0.05) is 14.2 Å². The molecule has 102 valence electrons. The van der Waals surface area contributed by atoms with Gasteiger partial charge in [-0.25, -0.2) is 0 Å². The molecule has 4 heteroatoms. The van der Waals surface area contributed by atoms with Crippen LogP contribution < -0.4 is 5.32 Å². The number of benzene rings is 1. The molecule has 0 aliphatic heterocycles. The highest BCUT2D eigenvalue weighted by atomic mass is 79.9. The maximum atomic E-state index is 6.43. The standard InChI is InChI=1S/C15H17BrClNS/c1-3-10-8-9-13(19-10)15(18-4-2)11-6-5-7-12(16)14(11)17/h5-9,15,18H,3-4H2,1-2H3. The number of hydrogen-bond acceptors (Lipinski definition) is 2. The first kappa shape index (κ1) is 15.0. The Bertz CT molecular complexity index is 553. The fraction of sp³-hybridized carbons (Fsp3) is 0.333. The van der Waals surface area contributed by atoms with E-state index in [1.807, 2.05) is 23.5 Å². The number of aryl methyl sites for hydroxylation is 1. The summed E-state index contributed by atoms with van der Waals surface area (Å²) in [6.45, 7) is 5.21. The van der Waals surface area contributed by atoms with E-state index in [2.05, 4.69) is 53.3 Å². The van der Waals surface area contributed by atoms with Gasteiger partial charge in [-0.2, -0.15) is 0 Å². The van der Waals surface area contributed by atoms with Crippen LogP contribution in [0.25, 0.3) is 0 Å². The van der Waals surface area contributed by atoms with Crippen molar-refractivity contribution in [2.75, 3.05) is 6.54 Å². The molecule has 19 heavy (non-hydrogen) atoms. The summed E-state index contributed by atoms with van der Waals surface area (Å²) in [5, 5.41) is 4.32. The van der Waals surface area contributed by atoms with Crippen LogP contribution >= 0.6 is 38.9 Å². The van der Waals surface area contributed by atoms with Crippen molar-refractivity contribution in [1.29, 1.82) is 0 Å². The van der Waals surface area contributed by atoms with E-state index in [-0.39, 0.29) is 6.04 Å². The molecule has 1 heterocycles. The van der Waals surface area contributed by atoms with E-state index >= 15 is 0 Å². The van der Waals surface area contributed by atoms with E-state index in [9.17, 15) is 0 Å². The topological polar surface area (TPSA) is 12.0 Å². The van der Waals surface area contributed by atoms with Crippen LogP contribution in [0.2, 0.25) is 5.02 Å². The van der Waals surface area contributed by atoms with E-state index < -0.39 is 0 Å². The number of nitrogens with one attached hydrogen (secondary N) is 1. The molecule has 2 aromatic rings. The highest BCUT2D eigenvalue weighted by Crippen LogP contribution is 2.35. The summed E-state index contributed by atoms with van der Waals surface area (Å²) < 4.78 is 0.946. The Kier molecular flexibility index (Phi) is 5.46. The van der Waals surface area contributed by atoms with Gasteiger partial charge < -0.3 is 5.32 Å². The van der Waals surface area contributed by atoms with Gasteiger partial charge in [-0.15, -0.1) is 11.3 Å². The number of rotatable bonds is 5. The third-order valence-electron chi connectivity index (χ3n) is 3.02. The summed E-state index contributed by atoms with van der Waals surface area (Å²) in [6.07, 6.45) is 1.08. The van der Waals surface area contributed by atoms with Gasteiger partial charge >= 0.3 is 0 Å². The van der Waals surface area contributed by atoms with Crippen LogP contribution in [-0.4, -0.2) is 6.54 Å². The third kappa shape index (κ3) is 3.40. The lowest BCUT2D eigenvalue weighted by atomic mass is 10.1. The largest absolute Gasteiger partial charge is 0.306 e. The quantitative estimate of drug-likeness (QED) is 0.752. The van der Waals surface area contributed by atoms with Crippen LogP contribution in [0.3, 0.4) is 0 Å². The van der Waals surface area contributed by atoms with Crippen molar-refractivity contribution >= 4 is 38.9 Å². The average molecular weight is 359 g/mol. The van der Waals surface area contributed by atoms with Crippen LogP contribution in [0.5, 0.6) is 0 Å². The molecule has 0 saturated heterocycles. The minimum absolute atomic E-state index is 0.167. The summed E-state index contributed by atoms with van der Waals surface area (Å²) >= 11 is 11.8. The summed E-state index contributed by atoms with van der Waals surface area (Å²) in [5.74, 6) is 0. The zero-order valence-corrected chi connectivity index (χ0v) is 14.2. The van der Waals surface area contributed by atoms with Crippen LogP contribution in [0.4, 0.5) is 0 Å². The molecule has 0 spiro atoms. The van der Waals surface area contributed by atoms with Crippen LogP contribution in [0, 0.1) is 0 Å². The van der Waals surface area contributed by atoms with Gasteiger partial charge in [-0.1, -0.05) is 37.6 Å². The second-order valence-corrected chi connectivity index (χ2v) is 6.72. The van der Waals surface area contributed by atoms with Gasteiger partial charge in [0.15, 0.2) is 0 Å². The van der Waals surface area contributed by atoms with Crippen molar-refractivity contribution in [2.45, 2.75) is 26.3 Å². The third-order valence-corrected chi connectivity index (χ3v) is 5.62. The first-order valence-corrected chi connectivity index (χ1v) is 8.42. The molecule has 0 saturated carbocycles. The van der Waals surface area contributed by atoms with Crippen molar-refractivity contribution < 1.29 is 0 Å². The molecule has 0 radical (unpaired) electrons. The lowest BCUT2D eigenvalue weighted by Gasteiger charge is -2.19. The smallest absolute Gasteiger partial charge is 0.0686 e. The molecular weight excluding hydrogens is 342 g/mol. The molecule has 0 amide bonds. The van der Waals surface area contributed by atoms with Gasteiger partial charge in [0.25, 0.3) is 0 Å². The average Bonchev–Trinajstić information content (AvgIpc) is 2.88. The molecule has 0 aliphatic carbocycles. The maximum Gasteiger partial charge on any atom is 0.0686 e. The van der Waals surface area contributed by atoms with Crippen molar-refractivity contribution in [2.24, 2.45) is 0 Å². The van der Waals surface area contributed by atoms with Crippen molar-refractivity contribution in [1.82, 2.24) is 5.32 Å². The molecule has 1 unspecified atom stereocenters. The number of thiophene rings is 1. The summed E-state index contributed by atoms with van der Waals surface area (Å²) in [5.41, 5.74) is 1.13. The van der Waals surface area contributed by atoms with Gasteiger partial charge in [-0.3, -0.25) is 0 Å². The van der Waals surface area contributed by atoms with E-state index in [1.54, 1.807) is 0 Å². The Morgan fingerprint density at radius 3 is 2.68 bits per heavy atom. The van der Waals surface area contributed by atoms with Gasteiger partial charge in [0.1, 0.15) is 0 Å². The molecule has 1 N–H and O–H groups in total. The number of halogens is 2. The van der Waals surface area contributed by atoms with E-state index in [1.165, 1.54) is 9.75 Å². The first-order valence-electron chi connectivity index (χ1n) is 6.43. The maximum absolute atomic E-state index is 6.43. The fourth-order valence-corrected chi connectivity index (χ4v) is 3.72. The zero-order valence-electron chi connectivity index (χ0n) is 11.0. The Balaban J connectivity index is 2.42. The van der Waals surface area contributed by atoms with Crippen LogP contribution in [-0.2, 0) is 6.42 Å². The molecule has 1 aromatic carbocycles. The lowest BCUT2D eigenvalue weighted by molar-refractivity contribution is 0.639. The highest BCUT2D eigenvalue weighted by molar-refractivity contribution is 9.10. The van der Waals surface area contributed by atoms with E-state index in [0.717, 1.165) is 28.0 Å². The molecule has 0 bridgehead atoms. The Labute approximate surface area is 132 Å².